The lowest BCUT2D eigenvalue weighted by Crippen LogP contribution is -2.23. The monoisotopic (exact) mass is 277 g/mol. The normalized spacial score (nSPS) is 18.2. The van der Waals surface area contributed by atoms with E-state index in [1.807, 2.05) is 48.5 Å². The van der Waals surface area contributed by atoms with Gasteiger partial charge in [0.2, 0.25) is 0 Å². The predicted molar refractivity (Wildman–Crippen MR) is 81.3 cm³/mol. The summed E-state index contributed by atoms with van der Waals surface area (Å²) in [5.41, 5.74) is 2.03. The van der Waals surface area contributed by atoms with Crippen molar-refractivity contribution in [1.82, 2.24) is 4.98 Å². The van der Waals surface area contributed by atoms with Crippen LogP contribution in [0.25, 0.3) is 10.8 Å². The zero-order valence-electron chi connectivity index (χ0n) is 11.4. The minimum Gasteiger partial charge on any atom is -0.487 e. The van der Waals surface area contributed by atoms with E-state index in [1.54, 1.807) is 12.4 Å². The number of aromatic nitrogens is 1. The number of nitrogens with zero attached hydrogens (tertiary/aromatic N) is 1. The van der Waals surface area contributed by atoms with Gasteiger partial charge < -0.3 is 9.84 Å². The van der Waals surface area contributed by atoms with Gasteiger partial charge in [-0.2, -0.15) is 0 Å². The van der Waals surface area contributed by atoms with Crippen molar-refractivity contribution >= 4 is 10.8 Å². The average molecular weight is 277 g/mol. The van der Waals surface area contributed by atoms with Crippen LogP contribution < -0.4 is 4.74 Å². The largest absolute Gasteiger partial charge is 0.487 e. The molecule has 21 heavy (non-hydrogen) atoms. The zero-order valence-corrected chi connectivity index (χ0v) is 11.4. The number of aliphatic hydroxyl groups is 1. The summed E-state index contributed by atoms with van der Waals surface area (Å²) in [6.45, 7) is 0. The molecule has 3 nitrogen and oxygen atoms in total. The molecule has 0 radical (unpaired) electrons. The van der Waals surface area contributed by atoms with Crippen LogP contribution >= 0.6 is 0 Å². The fourth-order valence-electron chi connectivity index (χ4n) is 2.98. The number of benzene rings is 2. The standard InChI is InChI=1S/C18H15NO2/c20-18(17-10-13-4-1-2-7-16(13)21-17)14-6-3-5-12-8-9-19-11-15(12)14/h1-9,11,17-18,20H,10H2. The van der Waals surface area contributed by atoms with Crippen molar-refractivity contribution < 1.29 is 9.84 Å². The first kappa shape index (κ1) is 12.4. The fourth-order valence-corrected chi connectivity index (χ4v) is 2.98. The smallest absolute Gasteiger partial charge is 0.133 e. The van der Waals surface area contributed by atoms with Crippen LogP contribution in [0.4, 0.5) is 0 Å². The van der Waals surface area contributed by atoms with E-state index in [0.717, 1.165) is 34.1 Å². The van der Waals surface area contributed by atoms with Gasteiger partial charge in [0, 0.05) is 24.2 Å². The van der Waals surface area contributed by atoms with Gasteiger partial charge >= 0.3 is 0 Å². The molecule has 2 heterocycles. The molecule has 0 amide bonds. The maximum atomic E-state index is 10.7. The highest BCUT2D eigenvalue weighted by Crippen LogP contribution is 2.35. The molecule has 4 rings (SSSR count). The molecule has 0 saturated heterocycles. The van der Waals surface area contributed by atoms with E-state index in [-0.39, 0.29) is 6.10 Å². The third-order valence-electron chi connectivity index (χ3n) is 4.06. The third-order valence-corrected chi connectivity index (χ3v) is 4.06. The molecular weight excluding hydrogens is 262 g/mol. The Balaban J connectivity index is 1.71. The lowest BCUT2D eigenvalue weighted by atomic mass is 9.96. The Morgan fingerprint density at radius 1 is 1.10 bits per heavy atom. The molecule has 1 aliphatic heterocycles. The Labute approximate surface area is 122 Å². The molecule has 0 saturated carbocycles. The number of pyridine rings is 1. The van der Waals surface area contributed by atoms with Gasteiger partial charge in [0.25, 0.3) is 0 Å². The van der Waals surface area contributed by atoms with Crippen molar-refractivity contribution in [2.45, 2.75) is 18.6 Å². The Bertz CT molecular complexity index is 770. The van der Waals surface area contributed by atoms with Crippen LogP contribution in [0.15, 0.2) is 60.9 Å². The van der Waals surface area contributed by atoms with E-state index in [0.29, 0.717) is 0 Å². The summed E-state index contributed by atoms with van der Waals surface area (Å²) in [7, 11) is 0. The van der Waals surface area contributed by atoms with Crippen LogP contribution in [0.3, 0.4) is 0 Å². The van der Waals surface area contributed by atoms with Gasteiger partial charge in [-0.3, -0.25) is 4.98 Å². The molecule has 3 heteroatoms. The molecule has 1 aliphatic rings. The van der Waals surface area contributed by atoms with E-state index in [1.165, 1.54) is 0 Å². The summed E-state index contributed by atoms with van der Waals surface area (Å²) < 4.78 is 5.90. The van der Waals surface area contributed by atoms with Gasteiger partial charge in [-0.1, -0.05) is 36.4 Å². The van der Waals surface area contributed by atoms with E-state index < -0.39 is 6.10 Å². The molecule has 3 aromatic rings. The van der Waals surface area contributed by atoms with E-state index in [4.69, 9.17) is 4.74 Å². The number of ether oxygens (including phenoxy) is 1. The van der Waals surface area contributed by atoms with E-state index in [2.05, 4.69) is 4.98 Å². The van der Waals surface area contributed by atoms with Crippen molar-refractivity contribution in [3.63, 3.8) is 0 Å². The highest BCUT2D eigenvalue weighted by atomic mass is 16.5. The maximum Gasteiger partial charge on any atom is 0.133 e. The molecule has 2 unspecified atom stereocenters. The highest BCUT2D eigenvalue weighted by Gasteiger charge is 2.30. The molecule has 2 atom stereocenters. The van der Waals surface area contributed by atoms with Gasteiger partial charge in [0.15, 0.2) is 0 Å². The first-order valence-corrected chi connectivity index (χ1v) is 7.08. The summed E-state index contributed by atoms with van der Waals surface area (Å²) in [4.78, 5) is 4.17. The van der Waals surface area contributed by atoms with Gasteiger partial charge in [0.1, 0.15) is 18.0 Å². The second kappa shape index (κ2) is 4.86. The van der Waals surface area contributed by atoms with Gasteiger partial charge in [0.05, 0.1) is 0 Å². The summed E-state index contributed by atoms with van der Waals surface area (Å²) >= 11 is 0. The van der Waals surface area contributed by atoms with Gasteiger partial charge in [-0.25, -0.2) is 0 Å². The lowest BCUT2D eigenvalue weighted by molar-refractivity contribution is 0.0502. The Morgan fingerprint density at radius 2 is 2.00 bits per heavy atom. The van der Waals surface area contributed by atoms with Gasteiger partial charge in [-0.15, -0.1) is 0 Å². The second-order valence-electron chi connectivity index (χ2n) is 5.36. The Kier molecular flexibility index (Phi) is 2.86. The molecule has 0 spiro atoms. The predicted octanol–water partition coefficient (Wildman–Crippen LogP) is 3.27. The molecule has 2 aromatic carbocycles. The number of hydrogen-bond donors (Lipinski definition) is 1. The van der Waals surface area contributed by atoms with Crippen LogP contribution in [0, 0.1) is 0 Å². The number of hydrogen-bond acceptors (Lipinski definition) is 3. The quantitative estimate of drug-likeness (QED) is 0.781. The first-order chi connectivity index (χ1) is 10.3. The van der Waals surface area contributed by atoms with Crippen molar-refractivity contribution in [1.29, 1.82) is 0 Å². The van der Waals surface area contributed by atoms with Crippen molar-refractivity contribution in [3.8, 4) is 5.75 Å². The molecule has 0 fully saturated rings. The van der Waals surface area contributed by atoms with Crippen molar-refractivity contribution in [3.05, 3.63) is 72.1 Å². The summed E-state index contributed by atoms with van der Waals surface area (Å²) in [6, 6.07) is 15.8. The van der Waals surface area contributed by atoms with Crippen molar-refractivity contribution in [2.75, 3.05) is 0 Å². The Morgan fingerprint density at radius 3 is 2.90 bits per heavy atom. The van der Waals surface area contributed by atoms with Crippen LogP contribution in [0.2, 0.25) is 0 Å². The SMILES string of the molecule is OC(c1cccc2ccncc12)C1Cc2ccccc2O1. The summed E-state index contributed by atoms with van der Waals surface area (Å²) in [5, 5.41) is 12.8. The Hall–Kier alpha value is -2.39. The van der Waals surface area contributed by atoms with E-state index in [9.17, 15) is 5.11 Å². The summed E-state index contributed by atoms with van der Waals surface area (Å²) in [6.07, 6.45) is 3.39. The topological polar surface area (TPSA) is 42.4 Å². The third kappa shape index (κ3) is 2.06. The number of rotatable bonds is 2. The maximum absolute atomic E-state index is 10.7. The number of fused-ring (bicyclic) bond motifs is 2. The molecule has 0 bridgehead atoms. The highest BCUT2D eigenvalue weighted by molar-refractivity contribution is 5.85. The number of aliphatic hydroxyl groups excluding tert-OH is 1. The summed E-state index contributed by atoms with van der Waals surface area (Å²) in [5.74, 6) is 0.875. The number of para-hydroxylation sites is 1. The van der Waals surface area contributed by atoms with Crippen LogP contribution in [0.5, 0.6) is 5.75 Å². The zero-order chi connectivity index (χ0) is 14.2. The van der Waals surface area contributed by atoms with Crippen LogP contribution in [-0.4, -0.2) is 16.2 Å². The lowest BCUT2D eigenvalue weighted by Gasteiger charge is -2.19. The van der Waals surface area contributed by atoms with Gasteiger partial charge in [-0.05, 0) is 28.6 Å². The molecule has 1 N–H and O–H groups in total. The molecule has 104 valence electrons. The second-order valence-corrected chi connectivity index (χ2v) is 5.36. The molecule has 0 aliphatic carbocycles. The van der Waals surface area contributed by atoms with Crippen LogP contribution in [-0.2, 0) is 6.42 Å². The van der Waals surface area contributed by atoms with Crippen LogP contribution in [0.1, 0.15) is 17.2 Å². The van der Waals surface area contributed by atoms with Crippen molar-refractivity contribution in [2.24, 2.45) is 0 Å². The molecular formula is C18H15NO2. The average Bonchev–Trinajstić information content (AvgIpc) is 2.97. The molecule has 1 aromatic heterocycles. The minimum atomic E-state index is -0.662. The first-order valence-electron chi connectivity index (χ1n) is 7.08. The van der Waals surface area contributed by atoms with E-state index >= 15 is 0 Å². The minimum absolute atomic E-state index is 0.242. The fraction of sp³-hybridized carbons (Fsp3) is 0.167.